The molecule has 0 aliphatic heterocycles. The Morgan fingerprint density at radius 2 is 2.22 bits per heavy atom. The molecule has 0 unspecified atom stereocenters. The highest BCUT2D eigenvalue weighted by Gasteiger charge is 2.06. The maximum atomic E-state index is 5.57. The van der Waals surface area contributed by atoms with Crippen LogP contribution in [0.4, 0.5) is 0 Å². The van der Waals surface area contributed by atoms with Crippen molar-refractivity contribution in [1.82, 2.24) is 5.32 Å². The molecule has 0 aliphatic carbocycles. The molecule has 0 spiro atoms. The summed E-state index contributed by atoms with van der Waals surface area (Å²) < 4.78 is 10.7. The van der Waals surface area contributed by atoms with Gasteiger partial charge in [0.25, 0.3) is 0 Å². The Morgan fingerprint density at radius 1 is 1.33 bits per heavy atom. The molecule has 0 fully saturated rings. The van der Waals surface area contributed by atoms with Crippen molar-refractivity contribution < 1.29 is 9.15 Å². The van der Waals surface area contributed by atoms with Crippen LogP contribution in [0.25, 0.3) is 11.0 Å². The maximum absolute atomic E-state index is 5.57. The molecular formula is C15H21NO2. The SMILES string of the molecule is CCCNCc1coc2ccc(CCOC)cc12. The molecular weight excluding hydrogens is 226 g/mol. The zero-order valence-electron chi connectivity index (χ0n) is 11.2. The summed E-state index contributed by atoms with van der Waals surface area (Å²) in [4.78, 5) is 0. The van der Waals surface area contributed by atoms with E-state index < -0.39 is 0 Å². The molecule has 18 heavy (non-hydrogen) atoms. The van der Waals surface area contributed by atoms with Crippen LogP contribution in [0.2, 0.25) is 0 Å². The van der Waals surface area contributed by atoms with E-state index in [2.05, 4.69) is 24.4 Å². The van der Waals surface area contributed by atoms with Crippen LogP contribution in [0.5, 0.6) is 0 Å². The Morgan fingerprint density at radius 3 is 3.00 bits per heavy atom. The van der Waals surface area contributed by atoms with E-state index in [0.29, 0.717) is 0 Å². The third-order valence-electron chi connectivity index (χ3n) is 3.06. The summed E-state index contributed by atoms with van der Waals surface area (Å²) in [6, 6.07) is 6.36. The van der Waals surface area contributed by atoms with Crippen molar-refractivity contribution in [3.05, 3.63) is 35.6 Å². The number of benzene rings is 1. The van der Waals surface area contributed by atoms with Crippen molar-refractivity contribution in [2.75, 3.05) is 20.3 Å². The lowest BCUT2D eigenvalue weighted by molar-refractivity contribution is 0.202. The van der Waals surface area contributed by atoms with E-state index in [1.807, 2.05) is 12.3 Å². The van der Waals surface area contributed by atoms with Gasteiger partial charge in [0, 0.05) is 24.6 Å². The van der Waals surface area contributed by atoms with Crippen LogP contribution in [0.15, 0.2) is 28.9 Å². The molecule has 0 bridgehead atoms. The first kappa shape index (κ1) is 13.1. The second-order valence-electron chi connectivity index (χ2n) is 4.51. The predicted molar refractivity (Wildman–Crippen MR) is 73.8 cm³/mol. The third-order valence-corrected chi connectivity index (χ3v) is 3.06. The van der Waals surface area contributed by atoms with Gasteiger partial charge in [0.05, 0.1) is 12.9 Å². The summed E-state index contributed by atoms with van der Waals surface area (Å²) >= 11 is 0. The van der Waals surface area contributed by atoms with E-state index >= 15 is 0 Å². The summed E-state index contributed by atoms with van der Waals surface area (Å²) in [6.45, 7) is 4.83. The highest BCUT2D eigenvalue weighted by atomic mass is 16.5. The van der Waals surface area contributed by atoms with Gasteiger partial charge in [-0.3, -0.25) is 0 Å². The molecule has 0 saturated heterocycles. The Kier molecular flexibility index (Phi) is 4.79. The Bertz CT molecular complexity index is 490. The first-order valence-corrected chi connectivity index (χ1v) is 6.53. The Hall–Kier alpha value is -1.32. The van der Waals surface area contributed by atoms with Crippen LogP contribution in [-0.4, -0.2) is 20.3 Å². The highest BCUT2D eigenvalue weighted by molar-refractivity contribution is 5.81. The van der Waals surface area contributed by atoms with E-state index in [0.717, 1.165) is 38.1 Å². The van der Waals surface area contributed by atoms with Crippen LogP contribution in [-0.2, 0) is 17.7 Å². The van der Waals surface area contributed by atoms with E-state index in [1.165, 1.54) is 16.5 Å². The maximum Gasteiger partial charge on any atom is 0.134 e. The van der Waals surface area contributed by atoms with Crippen molar-refractivity contribution in [2.24, 2.45) is 0 Å². The van der Waals surface area contributed by atoms with Crippen molar-refractivity contribution in [1.29, 1.82) is 0 Å². The molecule has 0 atom stereocenters. The summed E-state index contributed by atoms with van der Waals surface area (Å²) in [6.07, 6.45) is 3.95. The lowest BCUT2D eigenvalue weighted by atomic mass is 10.1. The van der Waals surface area contributed by atoms with Crippen LogP contribution in [0, 0.1) is 0 Å². The van der Waals surface area contributed by atoms with Gasteiger partial charge in [-0.25, -0.2) is 0 Å². The standard InChI is InChI=1S/C15H21NO2/c1-3-7-16-10-13-11-18-15-5-4-12(6-8-17-2)9-14(13)15/h4-5,9,11,16H,3,6-8,10H2,1-2H3. The molecule has 0 aliphatic rings. The van der Waals surface area contributed by atoms with Crippen LogP contribution in [0.1, 0.15) is 24.5 Å². The zero-order valence-corrected chi connectivity index (χ0v) is 11.2. The smallest absolute Gasteiger partial charge is 0.134 e. The van der Waals surface area contributed by atoms with Crippen molar-refractivity contribution in [3.63, 3.8) is 0 Å². The summed E-state index contributed by atoms with van der Waals surface area (Å²) in [7, 11) is 1.73. The summed E-state index contributed by atoms with van der Waals surface area (Å²) in [5.41, 5.74) is 3.49. The molecule has 2 rings (SSSR count). The number of ether oxygens (including phenoxy) is 1. The van der Waals surface area contributed by atoms with Gasteiger partial charge in [0.1, 0.15) is 5.58 Å². The van der Waals surface area contributed by atoms with Crippen LogP contribution < -0.4 is 5.32 Å². The molecule has 2 aromatic rings. The lowest BCUT2D eigenvalue weighted by Gasteiger charge is -2.03. The Balaban J connectivity index is 2.14. The average molecular weight is 247 g/mol. The topological polar surface area (TPSA) is 34.4 Å². The van der Waals surface area contributed by atoms with E-state index in [9.17, 15) is 0 Å². The van der Waals surface area contributed by atoms with E-state index in [1.54, 1.807) is 7.11 Å². The normalized spacial score (nSPS) is 11.2. The first-order valence-electron chi connectivity index (χ1n) is 6.53. The minimum atomic E-state index is 0.757. The minimum absolute atomic E-state index is 0.757. The van der Waals surface area contributed by atoms with Crippen molar-refractivity contribution in [2.45, 2.75) is 26.3 Å². The summed E-state index contributed by atoms with van der Waals surface area (Å²) in [5.74, 6) is 0. The number of rotatable bonds is 7. The second kappa shape index (κ2) is 6.57. The van der Waals surface area contributed by atoms with Crippen molar-refractivity contribution in [3.8, 4) is 0 Å². The van der Waals surface area contributed by atoms with Gasteiger partial charge in [0.2, 0.25) is 0 Å². The van der Waals surface area contributed by atoms with E-state index in [-0.39, 0.29) is 0 Å². The molecule has 1 N–H and O–H groups in total. The molecule has 98 valence electrons. The largest absolute Gasteiger partial charge is 0.464 e. The number of methoxy groups -OCH3 is 1. The number of fused-ring (bicyclic) bond motifs is 1. The Labute approximate surface area is 108 Å². The quantitative estimate of drug-likeness (QED) is 0.763. The van der Waals surface area contributed by atoms with Gasteiger partial charge in [-0.05, 0) is 37.1 Å². The molecule has 1 aromatic heterocycles. The molecule has 0 radical (unpaired) electrons. The minimum Gasteiger partial charge on any atom is -0.464 e. The number of furan rings is 1. The third kappa shape index (κ3) is 3.12. The van der Waals surface area contributed by atoms with Crippen LogP contribution in [0.3, 0.4) is 0 Å². The van der Waals surface area contributed by atoms with Gasteiger partial charge in [0.15, 0.2) is 0 Å². The number of hydrogen-bond acceptors (Lipinski definition) is 3. The van der Waals surface area contributed by atoms with Crippen LogP contribution >= 0.6 is 0 Å². The number of hydrogen-bond donors (Lipinski definition) is 1. The molecule has 3 nitrogen and oxygen atoms in total. The fourth-order valence-corrected chi connectivity index (χ4v) is 2.04. The highest BCUT2D eigenvalue weighted by Crippen LogP contribution is 2.22. The number of nitrogens with one attached hydrogen (secondary N) is 1. The van der Waals surface area contributed by atoms with Gasteiger partial charge < -0.3 is 14.5 Å². The van der Waals surface area contributed by atoms with E-state index in [4.69, 9.17) is 9.15 Å². The van der Waals surface area contributed by atoms with Gasteiger partial charge in [-0.1, -0.05) is 13.0 Å². The lowest BCUT2D eigenvalue weighted by Crippen LogP contribution is -2.13. The molecule has 0 amide bonds. The fraction of sp³-hybridized carbons (Fsp3) is 0.467. The molecule has 1 heterocycles. The predicted octanol–water partition coefficient (Wildman–Crippen LogP) is 3.12. The monoisotopic (exact) mass is 247 g/mol. The average Bonchev–Trinajstić information content (AvgIpc) is 2.79. The van der Waals surface area contributed by atoms with Gasteiger partial charge >= 0.3 is 0 Å². The molecule has 3 heteroatoms. The molecule has 0 saturated carbocycles. The summed E-state index contributed by atoms with van der Waals surface area (Å²) in [5, 5.41) is 4.62. The van der Waals surface area contributed by atoms with Gasteiger partial charge in [-0.15, -0.1) is 0 Å². The first-order chi connectivity index (χ1) is 8.85. The second-order valence-corrected chi connectivity index (χ2v) is 4.51. The van der Waals surface area contributed by atoms with Crippen molar-refractivity contribution >= 4 is 11.0 Å². The van der Waals surface area contributed by atoms with Gasteiger partial charge in [-0.2, -0.15) is 0 Å². The zero-order chi connectivity index (χ0) is 12.8. The molecule has 1 aromatic carbocycles. The fourth-order valence-electron chi connectivity index (χ4n) is 2.04.